The predicted octanol–water partition coefficient (Wildman–Crippen LogP) is 0.548. The summed E-state index contributed by atoms with van der Waals surface area (Å²) >= 11 is 0. The molecule has 1 aliphatic heterocycles. The molecule has 0 saturated carbocycles. The van der Waals surface area contributed by atoms with Gasteiger partial charge < -0.3 is 10.2 Å². The minimum absolute atomic E-state index is 0.00566. The van der Waals surface area contributed by atoms with Crippen LogP contribution in [0.4, 0.5) is 5.82 Å². The number of carbonyl (C=O) groups is 1. The summed E-state index contributed by atoms with van der Waals surface area (Å²) < 4.78 is 22.9. The quantitative estimate of drug-likeness (QED) is 0.849. The molecule has 1 unspecified atom stereocenters. The van der Waals surface area contributed by atoms with Gasteiger partial charge in [0.05, 0.1) is 11.5 Å². The lowest BCUT2D eigenvalue weighted by atomic mass is 10.2. The molecule has 0 aromatic carbocycles. The Labute approximate surface area is 131 Å². The summed E-state index contributed by atoms with van der Waals surface area (Å²) in [7, 11) is -3.02. The molecule has 2 rings (SSSR count). The van der Waals surface area contributed by atoms with Gasteiger partial charge in [-0.2, -0.15) is 0 Å². The molecule has 1 aliphatic rings. The fourth-order valence-corrected chi connectivity index (χ4v) is 4.22. The van der Waals surface area contributed by atoms with E-state index in [9.17, 15) is 13.2 Å². The highest BCUT2D eigenvalue weighted by atomic mass is 32.2. The van der Waals surface area contributed by atoms with E-state index in [1.165, 1.54) is 0 Å². The molecule has 1 aromatic rings. The molecule has 1 N–H and O–H groups in total. The van der Waals surface area contributed by atoms with E-state index in [0.29, 0.717) is 18.1 Å². The van der Waals surface area contributed by atoms with E-state index in [2.05, 4.69) is 15.3 Å². The Balaban J connectivity index is 2.16. The van der Waals surface area contributed by atoms with Crippen molar-refractivity contribution in [2.45, 2.75) is 33.2 Å². The Morgan fingerprint density at radius 3 is 2.59 bits per heavy atom. The Hall–Kier alpha value is -1.70. The fourth-order valence-electron chi connectivity index (χ4n) is 2.55. The number of rotatable bonds is 5. The summed E-state index contributed by atoms with van der Waals surface area (Å²) in [5.74, 6) is 1.02. The van der Waals surface area contributed by atoms with Crippen LogP contribution < -0.4 is 10.2 Å². The van der Waals surface area contributed by atoms with Gasteiger partial charge in [0.25, 0.3) is 5.91 Å². The Bertz CT molecular complexity index is 656. The van der Waals surface area contributed by atoms with E-state index in [0.717, 1.165) is 13.1 Å². The highest BCUT2D eigenvalue weighted by molar-refractivity contribution is 7.91. The van der Waals surface area contributed by atoms with Gasteiger partial charge in [0.1, 0.15) is 17.3 Å². The molecule has 1 atom stereocenters. The van der Waals surface area contributed by atoms with Crippen molar-refractivity contribution in [2.75, 3.05) is 29.5 Å². The van der Waals surface area contributed by atoms with Crippen LogP contribution in [0.25, 0.3) is 0 Å². The Morgan fingerprint density at radius 1 is 1.36 bits per heavy atom. The van der Waals surface area contributed by atoms with Crippen LogP contribution in [0.1, 0.15) is 36.6 Å². The average molecular weight is 326 g/mol. The first-order valence-electron chi connectivity index (χ1n) is 7.46. The van der Waals surface area contributed by atoms with Gasteiger partial charge in [-0.3, -0.25) is 4.79 Å². The average Bonchev–Trinajstić information content (AvgIpc) is 2.78. The summed E-state index contributed by atoms with van der Waals surface area (Å²) in [6.07, 6.45) is 0.459. The normalized spacial score (nSPS) is 19.9. The largest absolute Gasteiger partial charge is 0.357 e. The molecule has 1 fully saturated rings. The molecule has 7 nitrogen and oxygen atoms in total. The van der Waals surface area contributed by atoms with Gasteiger partial charge in [-0.25, -0.2) is 18.4 Å². The van der Waals surface area contributed by atoms with Gasteiger partial charge in [0.2, 0.25) is 0 Å². The number of aryl methyl sites for hydroxylation is 1. The first-order valence-corrected chi connectivity index (χ1v) is 9.28. The van der Waals surface area contributed by atoms with Crippen LogP contribution in [-0.4, -0.2) is 54.9 Å². The van der Waals surface area contributed by atoms with Crippen molar-refractivity contribution in [3.8, 4) is 0 Å². The number of hydrogen-bond acceptors (Lipinski definition) is 6. The number of amides is 1. The number of aromatic nitrogens is 2. The summed E-state index contributed by atoms with van der Waals surface area (Å²) in [6.45, 7) is 7.35. The predicted molar refractivity (Wildman–Crippen MR) is 84.9 cm³/mol. The molecule has 2 heterocycles. The third kappa shape index (κ3) is 3.94. The van der Waals surface area contributed by atoms with Gasteiger partial charge in [-0.15, -0.1) is 0 Å². The molecular weight excluding hydrogens is 304 g/mol. The molecule has 1 aromatic heterocycles. The topological polar surface area (TPSA) is 92.3 Å². The first kappa shape index (κ1) is 16.7. The molecule has 0 bridgehead atoms. The van der Waals surface area contributed by atoms with Crippen molar-refractivity contribution in [3.63, 3.8) is 0 Å². The van der Waals surface area contributed by atoms with Crippen LogP contribution in [0, 0.1) is 6.92 Å². The minimum Gasteiger partial charge on any atom is -0.357 e. The Kier molecular flexibility index (Phi) is 5.00. The van der Waals surface area contributed by atoms with Crippen LogP contribution in [0.15, 0.2) is 6.07 Å². The van der Waals surface area contributed by atoms with Crippen LogP contribution in [0.3, 0.4) is 0 Å². The number of carbonyl (C=O) groups excluding carboxylic acids is 1. The van der Waals surface area contributed by atoms with Crippen molar-refractivity contribution in [3.05, 3.63) is 17.6 Å². The number of sulfone groups is 1. The zero-order valence-corrected chi connectivity index (χ0v) is 14.0. The third-order valence-electron chi connectivity index (χ3n) is 3.71. The second kappa shape index (κ2) is 6.60. The summed E-state index contributed by atoms with van der Waals surface area (Å²) in [5, 5.41) is 2.75. The van der Waals surface area contributed by atoms with Crippen LogP contribution in [-0.2, 0) is 9.84 Å². The van der Waals surface area contributed by atoms with E-state index in [-0.39, 0.29) is 29.1 Å². The van der Waals surface area contributed by atoms with Gasteiger partial charge in [-0.1, -0.05) is 0 Å². The second-order valence-corrected chi connectivity index (χ2v) is 7.63. The van der Waals surface area contributed by atoms with Crippen LogP contribution in [0.5, 0.6) is 0 Å². The summed E-state index contributed by atoms with van der Waals surface area (Å²) in [6, 6.07) is 1.32. The number of nitrogens with zero attached hydrogens (tertiary/aromatic N) is 3. The molecule has 1 amide bonds. The molecule has 0 spiro atoms. The molecule has 22 heavy (non-hydrogen) atoms. The van der Waals surface area contributed by atoms with Crippen molar-refractivity contribution in [1.82, 2.24) is 15.3 Å². The third-order valence-corrected chi connectivity index (χ3v) is 5.48. The summed E-state index contributed by atoms with van der Waals surface area (Å²) in [5.41, 5.74) is 0.277. The highest BCUT2D eigenvalue weighted by Gasteiger charge is 2.29. The van der Waals surface area contributed by atoms with Gasteiger partial charge in [-0.05, 0) is 27.2 Å². The van der Waals surface area contributed by atoms with E-state index in [1.54, 1.807) is 13.0 Å². The lowest BCUT2D eigenvalue weighted by Gasteiger charge is -2.20. The minimum atomic E-state index is -3.02. The standard InChI is InChI=1S/C14H22N4O3S/c1-4-18(5-2)13-8-12(15-10(3)16-13)14(19)17-11-6-7-22(20,21)9-11/h8,11H,4-7,9H2,1-3H3,(H,17,19). The smallest absolute Gasteiger partial charge is 0.270 e. The van der Waals surface area contributed by atoms with E-state index >= 15 is 0 Å². The maximum Gasteiger partial charge on any atom is 0.270 e. The Morgan fingerprint density at radius 2 is 2.05 bits per heavy atom. The maximum atomic E-state index is 12.3. The van der Waals surface area contributed by atoms with Crippen LogP contribution in [0.2, 0.25) is 0 Å². The summed E-state index contributed by atoms with van der Waals surface area (Å²) in [4.78, 5) is 22.8. The van der Waals surface area contributed by atoms with Gasteiger partial charge in [0, 0.05) is 25.2 Å². The van der Waals surface area contributed by atoms with Crippen LogP contribution >= 0.6 is 0 Å². The molecule has 122 valence electrons. The van der Waals surface area contributed by atoms with E-state index in [1.807, 2.05) is 18.7 Å². The zero-order chi connectivity index (χ0) is 16.3. The SMILES string of the molecule is CCN(CC)c1cc(C(=O)NC2CCS(=O)(=O)C2)nc(C)n1. The van der Waals surface area contributed by atoms with Crippen molar-refractivity contribution in [2.24, 2.45) is 0 Å². The molecule has 1 saturated heterocycles. The molecule has 0 aliphatic carbocycles. The molecule has 8 heteroatoms. The van der Waals surface area contributed by atoms with E-state index < -0.39 is 9.84 Å². The first-order chi connectivity index (χ1) is 10.3. The maximum absolute atomic E-state index is 12.3. The van der Waals surface area contributed by atoms with Gasteiger partial charge in [0.15, 0.2) is 9.84 Å². The number of nitrogens with one attached hydrogen (secondary N) is 1. The van der Waals surface area contributed by atoms with Gasteiger partial charge >= 0.3 is 0 Å². The second-order valence-electron chi connectivity index (χ2n) is 5.40. The highest BCUT2D eigenvalue weighted by Crippen LogP contribution is 2.15. The van der Waals surface area contributed by atoms with Crippen molar-refractivity contribution >= 4 is 21.6 Å². The lowest BCUT2D eigenvalue weighted by molar-refractivity contribution is 0.0935. The van der Waals surface area contributed by atoms with Crippen molar-refractivity contribution in [1.29, 1.82) is 0 Å². The monoisotopic (exact) mass is 326 g/mol. The zero-order valence-electron chi connectivity index (χ0n) is 13.2. The lowest BCUT2D eigenvalue weighted by Crippen LogP contribution is -2.36. The number of anilines is 1. The molecular formula is C14H22N4O3S. The number of hydrogen-bond donors (Lipinski definition) is 1. The molecule has 0 radical (unpaired) electrons. The fraction of sp³-hybridized carbons (Fsp3) is 0.643. The van der Waals surface area contributed by atoms with Crippen molar-refractivity contribution < 1.29 is 13.2 Å². The van der Waals surface area contributed by atoms with E-state index in [4.69, 9.17) is 0 Å².